The van der Waals surface area contributed by atoms with Crippen LogP contribution in [0.2, 0.25) is 0 Å². The van der Waals surface area contributed by atoms with Crippen LogP contribution in [0.3, 0.4) is 0 Å². The molecule has 1 unspecified atom stereocenters. The highest BCUT2D eigenvalue weighted by Crippen LogP contribution is 2.25. The van der Waals surface area contributed by atoms with E-state index in [2.05, 4.69) is 4.98 Å². The lowest BCUT2D eigenvalue weighted by Gasteiger charge is -2.20. The maximum absolute atomic E-state index is 13.1. The SMILES string of the molecule is CN(CC1CCCO1)C(=O)c1csc2nc(-c3ccc(F)cc3)cn12. The van der Waals surface area contributed by atoms with E-state index in [9.17, 15) is 9.18 Å². The molecule has 1 saturated heterocycles. The summed E-state index contributed by atoms with van der Waals surface area (Å²) in [6.45, 7) is 1.37. The maximum atomic E-state index is 13.1. The van der Waals surface area contributed by atoms with Crippen LogP contribution >= 0.6 is 11.3 Å². The van der Waals surface area contributed by atoms with Gasteiger partial charge in [0, 0.05) is 37.3 Å². The summed E-state index contributed by atoms with van der Waals surface area (Å²) in [6, 6.07) is 6.19. The molecular formula is C18H18FN3O2S. The van der Waals surface area contributed by atoms with Gasteiger partial charge in [-0.25, -0.2) is 9.37 Å². The van der Waals surface area contributed by atoms with Crippen LogP contribution in [-0.4, -0.2) is 46.5 Å². The van der Waals surface area contributed by atoms with Crippen LogP contribution < -0.4 is 0 Å². The maximum Gasteiger partial charge on any atom is 0.271 e. The van der Waals surface area contributed by atoms with Crippen LogP contribution in [0.4, 0.5) is 4.39 Å². The van der Waals surface area contributed by atoms with Gasteiger partial charge in [-0.15, -0.1) is 11.3 Å². The largest absolute Gasteiger partial charge is 0.376 e. The molecular weight excluding hydrogens is 341 g/mol. The number of hydrogen-bond acceptors (Lipinski definition) is 4. The fourth-order valence-electron chi connectivity index (χ4n) is 3.07. The van der Waals surface area contributed by atoms with Crippen LogP contribution in [0.15, 0.2) is 35.8 Å². The molecule has 0 radical (unpaired) electrons. The number of fused-ring (bicyclic) bond motifs is 1. The van der Waals surface area contributed by atoms with E-state index >= 15 is 0 Å². The Hall–Kier alpha value is -2.25. The molecule has 2 aromatic heterocycles. The molecule has 1 fully saturated rings. The van der Waals surface area contributed by atoms with E-state index in [1.807, 2.05) is 11.6 Å². The zero-order chi connectivity index (χ0) is 17.4. The van der Waals surface area contributed by atoms with Gasteiger partial charge in [-0.1, -0.05) is 0 Å². The molecule has 130 valence electrons. The lowest BCUT2D eigenvalue weighted by atomic mass is 10.2. The smallest absolute Gasteiger partial charge is 0.271 e. The van der Waals surface area contributed by atoms with Gasteiger partial charge in [-0.05, 0) is 37.1 Å². The first-order valence-corrected chi connectivity index (χ1v) is 9.09. The summed E-state index contributed by atoms with van der Waals surface area (Å²) in [5.74, 6) is -0.332. The first kappa shape index (κ1) is 16.2. The molecule has 1 aromatic carbocycles. The predicted molar refractivity (Wildman–Crippen MR) is 94.4 cm³/mol. The van der Waals surface area contributed by atoms with Gasteiger partial charge in [0.05, 0.1) is 11.8 Å². The Bertz CT molecular complexity index is 897. The summed E-state index contributed by atoms with van der Waals surface area (Å²) in [5, 5.41) is 1.82. The summed E-state index contributed by atoms with van der Waals surface area (Å²) in [6.07, 6.45) is 4.00. The molecule has 1 aliphatic heterocycles. The Balaban J connectivity index is 1.59. The van der Waals surface area contributed by atoms with E-state index in [4.69, 9.17) is 4.74 Å². The Morgan fingerprint density at radius 1 is 1.44 bits per heavy atom. The number of benzene rings is 1. The summed E-state index contributed by atoms with van der Waals surface area (Å²) in [5.41, 5.74) is 2.13. The predicted octanol–water partition coefficient (Wildman–Crippen LogP) is 3.45. The molecule has 0 spiro atoms. The van der Waals surface area contributed by atoms with Crippen molar-refractivity contribution in [3.8, 4) is 11.3 Å². The number of carbonyl (C=O) groups is 1. The lowest BCUT2D eigenvalue weighted by Crippen LogP contribution is -2.34. The summed E-state index contributed by atoms with van der Waals surface area (Å²) < 4.78 is 20.5. The molecule has 7 heteroatoms. The number of hydrogen-bond donors (Lipinski definition) is 0. The van der Waals surface area contributed by atoms with E-state index in [-0.39, 0.29) is 17.8 Å². The molecule has 0 N–H and O–H groups in total. The minimum Gasteiger partial charge on any atom is -0.376 e. The van der Waals surface area contributed by atoms with Crippen molar-refractivity contribution in [1.29, 1.82) is 0 Å². The summed E-state index contributed by atoms with van der Waals surface area (Å²) in [4.78, 5) is 19.8. The number of amides is 1. The van der Waals surface area contributed by atoms with Crippen molar-refractivity contribution in [2.24, 2.45) is 0 Å². The topological polar surface area (TPSA) is 46.8 Å². The van der Waals surface area contributed by atoms with E-state index in [0.29, 0.717) is 12.2 Å². The number of carbonyl (C=O) groups excluding carboxylic acids is 1. The molecule has 3 heterocycles. The highest BCUT2D eigenvalue weighted by atomic mass is 32.1. The van der Waals surface area contributed by atoms with Crippen LogP contribution in [0, 0.1) is 5.82 Å². The van der Waals surface area contributed by atoms with Crippen LogP contribution in [0.1, 0.15) is 23.3 Å². The Kier molecular flexibility index (Phi) is 4.27. The number of thiazole rings is 1. The van der Waals surface area contributed by atoms with E-state index in [0.717, 1.165) is 35.7 Å². The van der Waals surface area contributed by atoms with E-state index < -0.39 is 0 Å². The zero-order valence-corrected chi connectivity index (χ0v) is 14.6. The molecule has 3 aromatic rings. The van der Waals surface area contributed by atoms with Gasteiger partial charge in [-0.2, -0.15) is 0 Å². The second-order valence-electron chi connectivity index (χ2n) is 6.23. The third-order valence-corrected chi connectivity index (χ3v) is 5.26. The number of rotatable bonds is 4. The molecule has 4 rings (SSSR count). The quantitative estimate of drug-likeness (QED) is 0.717. The lowest BCUT2D eigenvalue weighted by molar-refractivity contribution is 0.0582. The minimum absolute atomic E-state index is 0.0511. The number of halogens is 1. The number of nitrogens with zero attached hydrogens (tertiary/aromatic N) is 3. The second kappa shape index (κ2) is 6.57. The summed E-state index contributed by atoms with van der Waals surface area (Å²) in [7, 11) is 1.80. The summed E-state index contributed by atoms with van der Waals surface area (Å²) >= 11 is 1.42. The molecule has 0 aliphatic carbocycles. The molecule has 25 heavy (non-hydrogen) atoms. The first-order valence-electron chi connectivity index (χ1n) is 8.21. The monoisotopic (exact) mass is 359 g/mol. The van der Waals surface area contributed by atoms with Crippen molar-refractivity contribution in [2.75, 3.05) is 20.2 Å². The Morgan fingerprint density at radius 3 is 2.96 bits per heavy atom. The van der Waals surface area contributed by atoms with Gasteiger partial charge >= 0.3 is 0 Å². The number of imidazole rings is 1. The first-order chi connectivity index (χ1) is 12.1. The van der Waals surface area contributed by atoms with Gasteiger partial charge in [0.1, 0.15) is 11.5 Å². The van der Waals surface area contributed by atoms with Gasteiger partial charge < -0.3 is 9.64 Å². The van der Waals surface area contributed by atoms with E-state index in [1.54, 1.807) is 28.5 Å². The van der Waals surface area contributed by atoms with Crippen LogP contribution in [-0.2, 0) is 4.74 Å². The molecule has 1 aliphatic rings. The van der Waals surface area contributed by atoms with Crippen molar-refractivity contribution in [1.82, 2.24) is 14.3 Å². The average Bonchev–Trinajstić information content (AvgIpc) is 3.31. The van der Waals surface area contributed by atoms with Crippen molar-refractivity contribution in [3.05, 3.63) is 47.4 Å². The van der Waals surface area contributed by atoms with Crippen LogP contribution in [0.25, 0.3) is 16.2 Å². The number of ether oxygens (including phenoxy) is 1. The fourth-order valence-corrected chi connectivity index (χ4v) is 3.92. The van der Waals surface area contributed by atoms with Crippen molar-refractivity contribution >= 4 is 22.2 Å². The van der Waals surface area contributed by atoms with Crippen molar-refractivity contribution in [2.45, 2.75) is 18.9 Å². The highest BCUT2D eigenvalue weighted by Gasteiger charge is 2.23. The van der Waals surface area contributed by atoms with Crippen molar-refractivity contribution in [3.63, 3.8) is 0 Å². The van der Waals surface area contributed by atoms with Crippen LogP contribution in [0.5, 0.6) is 0 Å². The zero-order valence-electron chi connectivity index (χ0n) is 13.8. The average molecular weight is 359 g/mol. The Morgan fingerprint density at radius 2 is 2.24 bits per heavy atom. The Labute approximate surface area is 148 Å². The van der Waals surface area contributed by atoms with Gasteiger partial charge in [-0.3, -0.25) is 9.20 Å². The van der Waals surface area contributed by atoms with Gasteiger partial charge in [0.25, 0.3) is 5.91 Å². The minimum atomic E-state index is -0.281. The van der Waals surface area contributed by atoms with Crippen molar-refractivity contribution < 1.29 is 13.9 Å². The molecule has 1 amide bonds. The molecule has 5 nitrogen and oxygen atoms in total. The standard InChI is InChI=1S/C18H18FN3O2S/c1-21(9-14-3-2-8-24-14)17(23)16-11-25-18-20-15(10-22(16)18)12-4-6-13(19)7-5-12/h4-7,10-11,14H,2-3,8-9H2,1H3. The third kappa shape index (κ3) is 3.17. The highest BCUT2D eigenvalue weighted by molar-refractivity contribution is 7.15. The van der Waals surface area contributed by atoms with Gasteiger partial charge in [0.2, 0.25) is 0 Å². The number of aromatic nitrogens is 2. The fraction of sp³-hybridized carbons (Fsp3) is 0.333. The molecule has 0 saturated carbocycles. The normalized spacial score (nSPS) is 17.3. The van der Waals surface area contributed by atoms with E-state index in [1.165, 1.54) is 23.5 Å². The van der Waals surface area contributed by atoms with Gasteiger partial charge in [0.15, 0.2) is 4.96 Å². The molecule has 0 bridgehead atoms. The molecule has 1 atom stereocenters. The second-order valence-corrected chi connectivity index (χ2v) is 7.06. The third-order valence-electron chi connectivity index (χ3n) is 4.42. The number of likely N-dealkylation sites (N-methyl/N-ethyl adjacent to an activating group) is 1.